The second-order valence-corrected chi connectivity index (χ2v) is 13.5. The molecule has 1 aliphatic rings. The number of aromatic nitrogens is 5. The Bertz CT molecular complexity index is 2920. The Hall–Kier alpha value is -7.31. The van der Waals surface area contributed by atoms with Crippen LogP contribution < -0.4 is 5.32 Å². The Morgan fingerprint density at radius 3 is 1.69 bits per heavy atom. The van der Waals surface area contributed by atoms with Gasteiger partial charge >= 0.3 is 0 Å². The van der Waals surface area contributed by atoms with Gasteiger partial charge in [0, 0.05) is 83.1 Å². The van der Waals surface area contributed by atoms with Crippen molar-refractivity contribution >= 4 is 38.0 Å². The molecule has 0 aliphatic carbocycles. The molecule has 5 aromatic heterocycles. The molecule has 0 radical (unpaired) electrons. The van der Waals surface area contributed by atoms with Gasteiger partial charge in [-0.1, -0.05) is 66.7 Å². The predicted octanol–water partition coefficient (Wildman–Crippen LogP) is 11.0. The van der Waals surface area contributed by atoms with Crippen LogP contribution in [0.3, 0.4) is 0 Å². The fourth-order valence-corrected chi connectivity index (χ4v) is 7.56. The summed E-state index contributed by atoms with van der Waals surface area (Å²) in [6, 6.07) is 40.8. The highest BCUT2D eigenvalue weighted by atomic mass is 14.9. The molecule has 0 amide bonds. The average molecular weight is 693 g/mol. The molecule has 1 aliphatic heterocycles. The molecule has 254 valence electrons. The molecule has 0 fully saturated rings. The van der Waals surface area contributed by atoms with Crippen LogP contribution in [0, 0.1) is 0 Å². The minimum atomic E-state index is -0.0152. The highest BCUT2D eigenvalue weighted by molar-refractivity contribution is 6.25. The van der Waals surface area contributed by atoms with E-state index < -0.39 is 0 Å². The second-order valence-electron chi connectivity index (χ2n) is 13.5. The van der Waals surface area contributed by atoms with Crippen molar-refractivity contribution in [2.75, 3.05) is 0 Å². The minimum absolute atomic E-state index is 0.0152. The van der Waals surface area contributed by atoms with Crippen molar-refractivity contribution in [3.63, 3.8) is 0 Å². The molecule has 54 heavy (non-hydrogen) atoms. The van der Waals surface area contributed by atoms with E-state index in [1.54, 1.807) is 12.4 Å². The first-order valence-electron chi connectivity index (χ1n) is 18.0. The number of hydrogen-bond acceptors (Lipinski definition) is 6. The number of nitrogens with zero attached hydrogens (tertiary/aromatic N) is 5. The quantitative estimate of drug-likeness (QED) is 0.175. The lowest BCUT2D eigenvalue weighted by molar-refractivity contribution is 0.764. The van der Waals surface area contributed by atoms with Crippen LogP contribution in [-0.2, 0) is 0 Å². The standard InChI is InChI=1S/C48H32N6/c1-2-6-40-39(5-1)41-13-11-33(45-7-3-9-47(53-45)37-23-35(27-51-29-37)31-15-19-49-20-16-31)25-43(41)44-26-34(12-14-42(40)44)46-8-4-10-48(54-46)38-24-36(28-52-30-38)32-17-21-50-22-18-32/h1-30,45,53H. The van der Waals surface area contributed by atoms with E-state index in [9.17, 15) is 0 Å². The van der Waals surface area contributed by atoms with Crippen LogP contribution in [0.15, 0.2) is 183 Å². The van der Waals surface area contributed by atoms with E-state index >= 15 is 0 Å². The number of pyridine rings is 5. The third kappa shape index (κ3) is 5.76. The molecule has 6 heteroatoms. The van der Waals surface area contributed by atoms with E-state index in [1.165, 1.54) is 37.9 Å². The molecule has 1 N–H and O–H groups in total. The van der Waals surface area contributed by atoms with Gasteiger partial charge < -0.3 is 5.32 Å². The molecule has 6 nitrogen and oxygen atoms in total. The molecule has 6 heterocycles. The molecule has 10 rings (SSSR count). The molecule has 0 saturated carbocycles. The molecular formula is C48H32N6. The number of rotatable bonds is 6. The summed E-state index contributed by atoms with van der Waals surface area (Å²) in [6.45, 7) is 0. The summed E-state index contributed by atoms with van der Waals surface area (Å²) >= 11 is 0. The van der Waals surface area contributed by atoms with E-state index in [2.05, 4.69) is 128 Å². The summed E-state index contributed by atoms with van der Waals surface area (Å²) in [7, 11) is 0. The highest BCUT2D eigenvalue weighted by Crippen LogP contribution is 2.39. The van der Waals surface area contributed by atoms with Gasteiger partial charge in [-0.05, 0) is 116 Å². The number of nitrogens with one attached hydrogen (secondary N) is 1. The summed E-state index contributed by atoms with van der Waals surface area (Å²) in [5, 5.41) is 11.1. The minimum Gasteiger partial charge on any atom is -0.374 e. The van der Waals surface area contributed by atoms with Gasteiger partial charge in [0.15, 0.2) is 0 Å². The Labute approximate surface area is 312 Å². The van der Waals surface area contributed by atoms with Crippen molar-refractivity contribution < 1.29 is 0 Å². The lowest BCUT2D eigenvalue weighted by Crippen LogP contribution is -2.20. The Morgan fingerprint density at radius 2 is 0.981 bits per heavy atom. The maximum absolute atomic E-state index is 5.16. The Kier molecular flexibility index (Phi) is 7.77. The van der Waals surface area contributed by atoms with Crippen molar-refractivity contribution in [3.05, 3.63) is 194 Å². The van der Waals surface area contributed by atoms with Gasteiger partial charge in [0.25, 0.3) is 0 Å². The molecule has 4 aromatic carbocycles. The second kappa shape index (κ2) is 13.3. The molecule has 9 aromatic rings. The maximum Gasteiger partial charge on any atom is 0.0725 e. The first-order valence-corrected chi connectivity index (χ1v) is 18.0. The van der Waals surface area contributed by atoms with E-state index in [0.717, 1.165) is 56.0 Å². The summed E-state index contributed by atoms with van der Waals surface area (Å²) in [5.41, 5.74) is 11.3. The van der Waals surface area contributed by atoms with E-state index in [-0.39, 0.29) is 6.04 Å². The third-order valence-corrected chi connectivity index (χ3v) is 10.3. The van der Waals surface area contributed by atoms with Crippen molar-refractivity contribution in [1.82, 2.24) is 30.2 Å². The molecule has 0 bridgehead atoms. The van der Waals surface area contributed by atoms with Crippen LogP contribution in [0.4, 0.5) is 0 Å². The number of dihydropyridines is 1. The van der Waals surface area contributed by atoms with E-state index in [1.807, 2.05) is 67.5 Å². The molecule has 0 saturated heterocycles. The number of fused-ring (bicyclic) bond motifs is 6. The number of hydrogen-bond donors (Lipinski definition) is 1. The molecule has 1 unspecified atom stereocenters. The fraction of sp³-hybridized carbons (Fsp3) is 0.0208. The molecular weight excluding hydrogens is 661 g/mol. The van der Waals surface area contributed by atoms with Crippen molar-refractivity contribution in [3.8, 4) is 44.8 Å². The summed E-state index contributed by atoms with van der Waals surface area (Å²) in [4.78, 5) is 22.6. The van der Waals surface area contributed by atoms with Crippen LogP contribution in [0.25, 0.3) is 82.8 Å². The molecule has 0 spiro atoms. The van der Waals surface area contributed by atoms with Crippen LogP contribution >= 0.6 is 0 Å². The maximum atomic E-state index is 5.16. The van der Waals surface area contributed by atoms with Gasteiger partial charge in [-0.15, -0.1) is 0 Å². The van der Waals surface area contributed by atoms with Gasteiger partial charge in [0.1, 0.15) is 0 Å². The van der Waals surface area contributed by atoms with Crippen molar-refractivity contribution in [1.29, 1.82) is 0 Å². The smallest absolute Gasteiger partial charge is 0.0725 e. The largest absolute Gasteiger partial charge is 0.374 e. The van der Waals surface area contributed by atoms with Crippen molar-refractivity contribution in [2.24, 2.45) is 0 Å². The summed E-state index contributed by atoms with van der Waals surface area (Å²) in [5.74, 6) is 0. The zero-order chi connectivity index (χ0) is 35.8. The van der Waals surface area contributed by atoms with Gasteiger partial charge in [-0.25, -0.2) is 4.98 Å². The molecule has 1 atom stereocenters. The average Bonchev–Trinajstić information content (AvgIpc) is 3.27. The third-order valence-electron chi connectivity index (χ3n) is 10.3. The van der Waals surface area contributed by atoms with E-state index in [4.69, 9.17) is 4.98 Å². The van der Waals surface area contributed by atoms with E-state index in [0.29, 0.717) is 0 Å². The predicted molar refractivity (Wildman–Crippen MR) is 219 cm³/mol. The van der Waals surface area contributed by atoms with Gasteiger partial charge in [-0.2, -0.15) is 0 Å². The zero-order valence-corrected chi connectivity index (χ0v) is 29.1. The summed E-state index contributed by atoms with van der Waals surface area (Å²) < 4.78 is 0. The Morgan fingerprint density at radius 1 is 0.407 bits per heavy atom. The lowest BCUT2D eigenvalue weighted by atomic mass is 9.90. The van der Waals surface area contributed by atoms with Crippen LogP contribution in [0.2, 0.25) is 0 Å². The zero-order valence-electron chi connectivity index (χ0n) is 29.1. The van der Waals surface area contributed by atoms with Gasteiger partial charge in [0.05, 0.1) is 17.4 Å². The highest BCUT2D eigenvalue weighted by Gasteiger charge is 2.18. The summed E-state index contributed by atoms with van der Waals surface area (Å²) in [6.07, 6.45) is 21.3. The van der Waals surface area contributed by atoms with Crippen LogP contribution in [0.5, 0.6) is 0 Å². The lowest BCUT2D eigenvalue weighted by Gasteiger charge is -2.23. The van der Waals surface area contributed by atoms with Crippen LogP contribution in [0.1, 0.15) is 17.2 Å². The SMILES string of the molecule is C1=CC(c2ccc3c4ccccc4c4ccc(-c5cccc(-c6cncc(-c7ccncc7)c6)n5)cc4c3c2)NC(c2cncc(-c3ccncc3)c2)=C1. The first-order chi connectivity index (χ1) is 26.7. The number of allylic oxidation sites excluding steroid dienone is 2. The van der Waals surface area contributed by atoms with Crippen LogP contribution in [-0.4, -0.2) is 24.9 Å². The van der Waals surface area contributed by atoms with Crippen molar-refractivity contribution in [2.45, 2.75) is 6.04 Å². The fourth-order valence-electron chi connectivity index (χ4n) is 7.56. The first kappa shape index (κ1) is 31.4. The number of benzene rings is 4. The normalized spacial score (nSPS) is 13.9. The van der Waals surface area contributed by atoms with Gasteiger partial charge in [-0.3, -0.25) is 19.9 Å². The Balaban J connectivity index is 1.04. The monoisotopic (exact) mass is 692 g/mol. The van der Waals surface area contributed by atoms with Gasteiger partial charge in [0.2, 0.25) is 0 Å². The topological polar surface area (TPSA) is 76.5 Å².